The van der Waals surface area contributed by atoms with Gasteiger partial charge in [-0.15, -0.1) is 0 Å². The highest BCUT2D eigenvalue weighted by Gasteiger charge is 2.12. The third kappa shape index (κ3) is 2.23. The van der Waals surface area contributed by atoms with Crippen molar-refractivity contribution in [2.75, 3.05) is 11.1 Å². The fourth-order valence-corrected chi connectivity index (χ4v) is 1.85. The Morgan fingerprint density at radius 1 is 1.62 bits per heavy atom. The molecule has 1 rings (SSSR count). The van der Waals surface area contributed by atoms with Crippen LogP contribution in [0.25, 0.3) is 0 Å². The number of aryl methyl sites for hydroxylation is 1. The predicted octanol–water partition coefficient (Wildman–Crippen LogP) is 2.81. The molecule has 0 aliphatic carbocycles. The highest BCUT2D eigenvalue weighted by Crippen LogP contribution is 2.24. The normalized spacial score (nSPS) is 10.1. The van der Waals surface area contributed by atoms with Crippen LogP contribution in [0, 0.1) is 6.92 Å². The summed E-state index contributed by atoms with van der Waals surface area (Å²) in [5.41, 5.74) is 7.50. The summed E-state index contributed by atoms with van der Waals surface area (Å²) in [5, 5.41) is 0.694. The summed E-state index contributed by atoms with van der Waals surface area (Å²) >= 11 is 8.99. The van der Waals surface area contributed by atoms with Crippen LogP contribution < -0.4 is 5.73 Å². The number of ketones is 1. The van der Waals surface area contributed by atoms with Crippen LogP contribution in [0.4, 0.5) is 5.69 Å². The molecule has 0 aliphatic heterocycles. The number of nitrogens with two attached hydrogens (primary N) is 1. The molecule has 4 heteroatoms. The van der Waals surface area contributed by atoms with Crippen LogP contribution in [-0.2, 0) is 0 Å². The van der Waals surface area contributed by atoms with Gasteiger partial charge in [0.05, 0.1) is 10.4 Å². The van der Waals surface area contributed by atoms with Crippen molar-refractivity contribution in [3.05, 3.63) is 28.3 Å². The molecule has 0 aromatic heterocycles. The van der Waals surface area contributed by atoms with Gasteiger partial charge in [-0.3, -0.25) is 4.79 Å². The van der Waals surface area contributed by atoms with Crippen LogP contribution in [0.5, 0.6) is 0 Å². The van der Waals surface area contributed by atoms with Crippen LogP contribution in [0.1, 0.15) is 15.9 Å². The van der Waals surface area contributed by atoms with Crippen molar-refractivity contribution in [1.82, 2.24) is 0 Å². The molecule has 0 unspecified atom stereocenters. The lowest BCUT2D eigenvalue weighted by Crippen LogP contribution is -2.04. The lowest BCUT2D eigenvalue weighted by Gasteiger charge is -2.06. The lowest BCUT2D eigenvalue weighted by atomic mass is 10.0. The summed E-state index contributed by atoms with van der Waals surface area (Å²) in [7, 11) is 0. The van der Waals surface area contributed by atoms with Gasteiger partial charge in [0.1, 0.15) is 0 Å². The number of hydrogen-bond donors (Lipinski definition) is 1. The Morgan fingerprint density at radius 3 is 2.69 bits per heavy atom. The minimum absolute atomic E-state index is 0.0255. The Labute approximate surface area is 90.2 Å². The van der Waals surface area contributed by atoms with Crippen molar-refractivity contribution in [1.29, 1.82) is 0 Å². The van der Waals surface area contributed by atoms with E-state index in [-0.39, 0.29) is 11.1 Å². The topological polar surface area (TPSA) is 43.1 Å². The number of nitrogen functional groups attached to an aromatic ring is 1. The summed E-state index contributed by atoms with van der Waals surface area (Å²) in [6.07, 6.45) is 0. The second kappa shape index (κ2) is 4.11. The molecule has 0 saturated heterocycles. The Morgan fingerprint density at radius 2 is 2.23 bits per heavy atom. The van der Waals surface area contributed by atoms with E-state index in [1.807, 2.05) is 6.92 Å². The Bertz CT molecular complexity index is 328. The van der Waals surface area contributed by atoms with Gasteiger partial charge in [-0.05, 0) is 24.6 Å². The van der Waals surface area contributed by atoms with Gasteiger partial charge in [0.15, 0.2) is 5.78 Å². The van der Waals surface area contributed by atoms with Gasteiger partial charge in [0, 0.05) is 11.3 Å². The number of carbonyl (C=O) groups is 1. The number of hydrogen-bond acceptors (Lipinski definition) is 2. The third-order valence-electron chi connectivity index (χ3n) is 1.71. The van der Waals surface area contributed by atoms with E-state index in [2.05, 4.69) is 15.9 Å². The van der Waals surface area contributed by atoms with E-state index in [4.69, 9.17) is 17.3 Å². The van der Waals surface area contributed by atoms with E-state index in [0.29, 0.717) is 16.3 Å². The van der Waals surface area contributed by atoms with Crippen molar-refractivity contribution < 1.29 is 4.79 Å². The fraction of sp³-hybridized carbons (Fsp3) is 0.222. The number of halogens is 2. The van der Waals surface area contributed by atoms with Crippen LogP contribution in [0.15, 0.2) is 12.1 Å². The molecule has 0 amide bonds. The highest BCUT2D eigenvalue weighted by molar-refractivity contribution is 9.09. The lowest BCUT2D eigenvalue weighted by molar-refractivity contribution is 0.102. The molecule has 2 nitrogen and oxygen atoms in total. The minimum Gasteiger partial charge on any atom is -0.399 e. The number of Topliss-reactive ketones (excluding diaryl/α,β-unsaturated/α-hetero) is 1. The monoisotopic (exact) mass is 261 g/mol. The number of rotatable bonds is 2. The van der Waals surface area contributed by atoms with Gasteiger partial charge < -0.3 is 5.73 Å². The molecular weight excluding hydrogens is 253 g/mol. The fourth-order valence-electron chi connectivity index (χ4n) is 1.19. The molecule has 1 aromatic carbocycles. The zero-order valence-corrected chi connectivity index (χ0v) is 9.45. The van der Waals surface area contributed by atoms with E-state index >= 15 is 0 Å². The summed E-state index contributed by atoms with van der Waals surface area (Å²) in [5.74, 6) is -0.0255. The van der Waals surface area contributed by atoms with Gasteiger partial charge in [-0.2, -0.15) is 0 Å². The standard InChI is InChI=1S/C9H9BrClNO/c1-5-2-6(12)3-7(11)9(5)8(13)4-10/h2-3H,4,12H2,1H3. The second-order valence-corrected chi connectivity index (χ2v) is 3.72. The third-order valence-corrected chi connectivity index (χ3v) is 2.52. The molecule has 70 valence electrons. The van der Waals surface area contributed by atoms with Gasteiger partial charge in [0.2, 0.25) is 0 Å². The molecule has 0 heterocycles. The molecule has 1 aromatic rings. The van der Waals surface area contributed by atoms with Crippen molar-refractivity contribution in [2.45, 2.75) is 6.92 Å². The molecule has 0 saturated carbocycles. The molecule has 13 heavy (non-hydrogen) atoms. The molecule has 0 aliphatic rings. The number of anilines is 1. The smallest absolute Gasteiger partial charge is 0.175 e. The maximum Gasteiger partial charge on any atom is 0.175 e. The number of benzene rings is 1. The number of alkyl halides is 1. The van der Waals surface area contributed by atoms with Crippen molar-refractivity contribution in [3.8, 4) is 0 Å². The van der Waals surface area contributed by atoms with Crippen LogP contribution in [0.2, 0.25) is 5.02 Å². The Hall–Kier alpha value is -0.540. The van der Waals surface area contributed by atoms with Crippen LogP contribution in [0.3, 0.4) is 0 Å². The maximum absolute atomic E-state index is 11.4. The summed E-state index contributed by atoms with van der Waals surface area (Å²) in [4.78, 5) is 11.4. The quantitative estimate of drug-likeness (QED) is 0.506. The molecule has 0 radical (unpaired) electrons. The van der Waals surface area contributed by atoms with Gasteiger partial charge >= 0.3 is 0 Å². The van der Waals surface area contributed by atoms with Crippen LogP contribution in [-0.4, -0.2) is 11.1 Å². The first-order chi connectivity index (χ1) is 6.06. The van der Waals surface area contributed by atoms with Gasteiger partial charge in [-0.1, -0.05) is 27.5 Å². The van der Waals surface area contributed by atoms with Crippen LogP contribution >= 0.6 is 27.5 Å². The predicted molar refractivity (Wildman–Crippen MR) is 58.7 cm³/mol. The van der Waals surface area contributed by atoms with E-state index in [1.165, 1.54) is 0 Å². The zero-order valence-electron chi connectivity index (χ0n) is 7.10. The molecule has 0 atom stereocenters. The molecular formula is C9H9BrClNO. The Balaban J connectivity index is 3.28. The first-order valence-corrected chi connectivity index (χ1v) is 5.21. The molecule has 0 bridgehead atoms. The van der Waals surface area contributed by atoms with Gasteiger partial charge in [-0.25, -0.2) is 0 Å². The van der Waals surface area contributed by atoms with E-state index in [0.717, 1.165) is 5.56 Å². The number of carbonyl (C=O) groups excluding carboxylic acids is 1. The minimum atomic E-state index is -0.0255. The van der Waals surface area contributed by atoms with E-state index in [1.54, 1.807) is 12.1 Å². The average molecular weight is 263 g/mol. The highest BCUT2D eigenvalue weighted by atomic mass is 79.9. The SMILES string of the molecule is Cc1cc(N)cc(Cl)c1C(=O)CBr. The van der Waals surface area contributed by atoms with Gasteiger partial charge in [0.25, 0.3) is 0 Å². The van der Waals surface area contributed by atoms with E-state index < -0.39 is 0 Å². The zero-order chi connectivity index (χ0) is 10.0. The molecule has 0 fully saturated rings. The first-order valence-electron chi connectivity index (χ1n) is 3.71. The first kappa shape index (κ1) is 10.5. The maximum atomic E-state index is 11.4. The summed E-state index contributed by atoms with van der Waals surface area (Å²) in [6, 6.07) is 3.33. The second-order valence-electron chi connectivity index (χ2n) is 2.75. The molecule has 0 spiro atoms. The van der Waals surface area contributed by atoms with Crippen molar-refractivity contribution in [3.63, 3.8) is 0 Å². The largest absolute Gasteiger partial charge is 0.399 e. The van der Waals surface area contributed by atoms with Crippen molar-refractivity contribution >= 4 is 39.0 Å². The summed E-state index contributed by atoms with van der Waals surface area (Å²) in [6.45, 7) is 1.82. The van der Waals surface area contributed by atoms with Crippen molar-refractivity contribution in [2.24, 2.45) is 0 Å². The average Bonchev–Trinajstić information content (AvgIpc) is 2.02. The summed E-state index contributed by atoms with van der Waals surface area (Å²) < 4.78 is 0. The molecule has 2 N–H and O–H groups in total. The van der Waals surface area contributed by atoms with E-state index in [9.17, 15) is 4.79 Å². The Kier molecular flexibility index (Phi) is 3.33.